The molecule has 23 heavy (non-hydrogen) atoms. The lowest BCUT2D eigenvalue weighted by Crippen LogP contribution is -2.42. The quantitative estimate of drug-likeness (QED) is 0.646. The van der Waals surface area contributed by atoms with Gasteiger partial charge in [0, 0.05) is 27.3 Å². The van der Waals surface area contributed by atoms with Gasteiger partial charge in [0.1, 0.15) is 11.6 Å². The SMILES string of the molecule is Cc1cc(Br)c(C(N=O)C2CCN(C(=O)OC(C)(C)C)CC2)s1. The van der Waals surface area contributed by atoms with E-state index in [0.717, 1.165) is 27.1 Å². The van der Waals surface area contributed by atoms with Crippen LogP contribution in [0.25, 0.3) is 0 Å². The number of hydrogen-bond donors (Lipinski definition) is 0. The summed E-state index contributed by atoms with van der Waals surface area (Å²) in [6.45, 7) is 8.81. The number of rotatable bonds is 3. The van der Waals surface area contributed by atoms with Gasteiger partial charge in [0.05, 0.1) is 0 Å². The van der Waals surface area contributed by atoms with Crippen molar-refractivity contribution in [1.29, 1.82) is 0 Å². The molecule has 0 aliphatic carbocycles. The van der Waals surface area contributed by atoms with Gasteiger partial charge in [0.2, 0.25) is 0 Å². The van der Waals surface area contributed by atoms with Crippen molar-refractivity contribution in [2.24, 2.45) is 11.1 Å². The molecule has 0 bridgehead atoms. The molecule has 2 rings (SSSR count). The van der Waals surface area contributed by atoms with E-state index in [9.17, 15) is 9.70 Å². The number of piperidine rings is 1. The number of carbonyl (C=O) groups excluding carboxylic acids is 1. The number of nitrogens with zero attached hydrogens (tertiary/aromatic N) is 2. The fraction of sp³-hybridized carbons (Fsp3) is 0.688. The van der Waals surface area contributed by atoms with Crippen molar-refractivity contribution in [3.05, 3.63) is 25.2 Å². The van der Waals surface area contributed by atoms with Crippen LogP contribution >= 0.6 is 27.3 Å². The molecular formula is C16H23BrN2O3S. The van der Waals surface area contributed by atoms with Crippen LogP contribution in [-0.2, 0) is 4.74 Å². The Morgan fingerprint density at radius 1 is 1.43 bits per heavy atom. The molecule has 128 valence electrons. The third-order valence-electron chi connectivity index (χ3n) is 3.86. The maximum atomic E-state index is 12.1. The number of halogens is 1. The van der Waals surface area contributed by atoms with Crippen molar-refractivity contribution in [2.45, 2.75) is 52.2 Å². The van der Waals surface area contributed by atoms with E-state index in [1.165, 1.54) is 0 Å². The maximum Gasteiger partial charge on any atom is 0.410 e. The molecule has 5 nitrogen and oxygen atoms in total. The van der Waals surface area contributed by atoms with Crippen molar-refractivity contribution < 1.29 is 9.53 Å². The third kappa shape index (κ3) is 4.76. The van der Waals surface area contributed by atoms with Gasteiger partial charge >= 0.3 is 6.09 Å². The van der Waals surface area contributed by atoms with Gasteiger partial charge in [0.15, 0.2) is 0 Å². The normalized spacial score (nSPS) is 17.9. The molecule has 1 unspecified atom stereocenters. The lowest BCUT2D eigenvalue weighted by atomic mass is 9.89. The Bertz CT molecular complexity index is 574. The number of hydrogen-bond acceptors (Lipinski definition) is 5. The van der Waals surface area contributed by atoms with Gasteiger partial charge in [-0.3, -0.25) is 0 Å². The second kappa shape index (κ2) is 7.30. The summed E-state index contributed by atoms with van der Waals surface area (Å²) < 4.78 is 6.36. The van der Waals surface area contributed by atoms with E-state index in [-0.39, 0.29) is 18.1 Å². The van der Waals surface area contributed by atoms with Gasteiger partial charge in [-0.05, 0) is 68.5 Å². The van der Waals surface area contributed by atoms with E-state index >= 15 is 0 Å². The summed E-state index contributed by atoms with van der Waals surface area (Å²) in [7, 11) is 0. The summed E-state index contributed by atoms with van der Waals surface area (Å²) in [5.74, 6) is 0.167. The number of amides is 1. The minimum absolute atomic E-state index is 0.167. The van der Waals surface area contributed by atoms with Crippen molar-refractivity contribution in [1.82, 2.24) is 4.90 Å². The zero-order valence-corrected chi connectivity index (χ0v) is 16.4. The first-order chi connectivity index (χ1) is 10.7. The van der Waals surface area contributed by atoms with Crippen LogP contribution in [0, 0.1) is 17.7 Å². The second-order valence-corrected chi connectivity index (χ2v) is 9.07. The highest BCUT2D eigenvalue weighted by molar-refractivity contribution is 9.10. The molecule has 1 atom stereocenters. The molecule has 0 N–H and O–H groups in total. The van der Waals surface area contributed by atoms with Crippen LogP contribution < -0.4 is 0 Å². The Morgan fingerprint density at radius 3 is 2.48 bits per heavy atom. The van der Waals surface area contributed by atoms with Crippen molar-refractivity contribution in [2.75, 3.05) is 13.1 Å². The predicted octanol–water partition coefficient (Wildman–Crippen LogP) is 5.27. The average molecular weight is 403 g/mol. The number of ether oxygens (including phenoxy) is 1. The van der Waals surface area contributed by atoms with Crippen molar-refractivity contribution >= 4 is 33.4 Å². The zero-order valence-electron chi connectivity index (χ0n) is 14.0. The Labute approximate surface area is 149 Å². The summed E-state index contributed by atoms with van der Waals surface area (Å²) in [5, 5.41) is 3.38. The van der Waals surface area contributed by atoms with Crippen LogP contribution in [0.1, 0.15) is 49.4 Å². The molecule has 1 fully saturated rings. The average Bonchev–Trinajstić information content (AvgIpc) is 2.77. The lowest BCUT2D eigenvalue weighted by Gasteiger charge is -2.34. The molecule has 0 radical (unpaired) electrons. The largest absolute Gasteiger partial charge is 0.444 e. The Hall–Kier alpha value is -0.950. The monoisotopic (exact) mass is 402 g/mol. The highest BCUT2D eigenvalue weighted by Crippen LogP contribution is 2.41. The topological polar surface area (TPSA) is 59.0 Å². The van der Waals surface area contributed by atoms with E-state index in [1.807, 2.05) is 33.8 Å². The van der Waals surface area contributed by atoms with E-state index in [2.05, 4.69) is 21.1 Å². The van der Waals surface area contributed by atoms with Crippen molar-refractivity contribution in [3.8, 4) is 0 Å². The maximum absolute atomic E-state index is 12.1. The Kier molecular flexibility index (Phi) is 5.84. The van der Waals surface area contributed by atoms with E-state index in [0.29, 0.717) is 13.1 Å². The number of aryl methyl sites for hydroxylation is 1. The molecule has 0 aromatic carbocycles. The molecule has 1 aliphatic heterocycles. The molecule has 1 saturated heterocycles. The highest BCUT2D eigenvalue weighted by Gasteiger charge is 2.33. The highest BCUT2D eigenvalue weighted by atomic mass is 79.9. The fourth-order valence-corrected chi connectivity index (χ4v) is 4.78. The van der Waals surface area contributed by atoms with Gasteiger partial charge in [-0.15, -0.1) is 11.3 Å². The predicted molar refractivity (Wildman–Crippen MR) is 95.8 cm³/mol. The molecule has 1 aromatic heterocycles. The Balaban J connectivity index is 1.99. The van der Waals surface area contributed by atoms with Gasteiger partial charge in [-0.25, -0.2) is 4.79 Å². The first-order valence-electron chi connectivity index (χ1n) is 7.77. The minimum atomic E-state index is -0.486. The summed E-state index contributed by atoms with van der Waals surface area (Å²) in [6.07, 6.45) is 1.25. The molecule has 7 heteroatoms. The van der Waals surface area contributed by atoms with Crippen LogP contribution in [0.4, 0.5) is 4.79 Å². The van der Waals surface area contributed by atoms with Crippen LogP contribution in [0.15, 0.2) is 15.7 Å². The van der Waals surface area contributed by atoms with Crippen molar-refractivity contribution in [3.63, 3.8) is 0 Å². The van der Waals surface area contributed by atoms with E-state index < -0.39 is 5.60 Å². The van der Waals surface area contributed by atoms with E-state index in [4.69, 9.17) is 4.74 Å². The smallest absolute Gasteiger partial charge is 0.410 e. The summed E-state index contributed by atoms with van der Waals surface area (Å²) in [6, 6.07) is 1.68. The second-order valence-electron chi connectivity index (χ2n) is 6.92. The van der Waals surface area contributed by atoms with Crippen LogP contribution in [0.2, 0.25) is 0 Å². The van der Waals surface area contributed by atoms with Gasteiger partial charge in [-0.2, -0.15) is 4.91 Å². The van der Waals surface area contributed by atoms with Gasteiger partial charge < -0.3 is 9.64 Å². The molecule has 0 saturated carbocycles. The first kappa shape index (κ1) is 18.4. The molecule has 0 spiro atoms. The zero-order chi connectivity index (χ0) is 17.2. The van der Waals surface area contributed by atoms with Gasteiger partial charge in [0.25, 0.3) is 0 Å². The standard InChI is InChI=1S/C16H23BrN2O3S/c1-10-9-12(17)14(23-10)13(18-21)11-5-7-19(8-6-11)15(20)22-16(2,3)4/h9,11,13H,5-8H2,1-4H3. The number of nitroso groups, excluding NO2 is 1. The van der Waals surface area contributed by atoms with Crippen LogP contribution in [0.5, 0.6) is 0 Å². The molecule has 1 aliphatic rings. The Morgan fingerprint density at radius 2 is 2.04 bits per heavy atom. The lowest BCUT2D eigenvalue weighted by molar-refractivity contribution is 0.0175. The molecule has 1 amide bonds. The number of carbonyl (C=O) groups is 1. The fourth-order valence-electron chi connectivity index (χ4n) is 2.78. The first-order valence-corrected chi connectivity index (χ1v) is 9.38. The number of thiophene rings is 1. The minimum Gasteiger partial charge on any atom is -0.444 e. The summed E-state index contributed by atoms with van der Waals surface area (Å²) in [4.78, 5) is 27.4. The number of likely N-dealkylation sites (tertiary alicyclic amines) is 1. The molecule has 1 aromatic rings. The van der Waals surface area contributed by atoms with Gasteiger partial charge in [-0.1, -0.05) is 5.18 Å². The molecule has 2 heterocycles. The van der Waals surface area contributed by atoms with Crippen LogP contribution in [-0.4, -0.2) is 29.7 Å². The molecular weight excluding hydrogens is 380 g/mol. The third-order valence-corrected chi connectivity index (χ3v) is 5.90. The van der Waals surface area contributed by atoms with Crippen LogP contribution in [0.3, 0.4) is 0 Å². The van der Waals surface area contributed by atoms with E-state index in [1.54, 1.807) is 16.2 Å². The summed E-state index contributed by atoms with van der Waals surface area (Å²) >= 11 is 5.13. The summed E-state index contributed by atoms with van der Waals surface area (Å²) in [5.41, 5.74) is -0.486.